The van der Waals surface area contributed by atoms with Crippen LogP contribution in [0.1, 0.15) is 0 Å². The third-order valence-electron chi connectivity index (χ3n) is 2.58. The zero-order valence-corrected chi connectivity index (χ0v) is 10.3. The Morgan fingerprint density at radius 3 is 2.60 bits per heavy atom. The minimum absolute atomic E-state index is 1.22. The van der Waals surface area contributed by atoms with E-state index in [1.807, 2.05) is 12.4 Å². The maximum atomic E-state index is 4.22. The van der Waals surface area contributed by atoms with E-state index in [9.17, 15) is 0 Å². The van der Waals surface area contributed by atoms with Gasteiger partial charge in [0.1, 0.15) is 0 Å². The van der Waals surface area contributed by atoms with Crippen LogP contribution >= 0.6 is 0 Å². The number of aromatic nitrogens is 1. The van der Waals surface area contributed by atoms with Gasteiger partial charge in [-0.15, -0.1) is 0 Å². The Bertz CT molecular complexity index is 646. The molecule has 3 aromatic rings. The first kappa shape index (κ1) is 9.02. The molecule has 0 atom stereocenters. The third-order valence-corrected chi connectivity index (χ3v) is 3.49. The molecule has 0 N–H and O–H groups in total. The zero-order valence-electron chi connectivity index (χ0n) is 7.90. The van der Waals surface area contributed by atoms with Crippen molar-refractivity contribution in [3.8, 4) is 0 Å². The van der Waals surface area contributed by atoms with Gasteiger partial charge in [0, 0.05) is 0 Å². The molecule has 0 aliphatic rings. The Morgan fingerprint density at radius 1 is 0.867 bits per heavy atom. The summed E-state index contributed by atoms with van der Waals surface area (Å²) >= 11 is 2.11. The van der Waals surface area contributed by atoms with Gasteiger partial charge in [0.05, 0.1) is 0 Å². The maximum absolute atomic E-state index is 4.22. The summed E-state index contributed by atoms with van der Waals surface area (Å²) in [4.78, 5) is 4.22. The minimum atomic E-state index is 1.22. The van der Waals surface area contributed by atoms with Gasteiger partial charge in [-0.2, -0.15) is 0 Å². The van der Waals surface area contributed by atoms with Crippen molar-refractivity contribution < 1.29 is 18.9 Å². The molecule has 0 radical (unpaired) electrons. The number of hydrogen-bond donors (Lipinski definition) is 0. The van der Waals surface area contributed by atoms with E-state index < -0.39 is 0 Å². The number of hydrogen-bond acceptors (Lipinski definition) is 1. The number of benzene rings is 2. The second-order valence-electron chi connectivity index (χ2n) is 3.48. The molecule has 0 spiro atoms. The Labute approximate surface area is 98.3 Å². The van der Waals surface area contributed by atoms with E-state index in [2.05, 4.69) is 60.3 Å². The van der Waals surface area contributed by atoms with Crippen LogP contribution in [-0.2, 0) is 18.9 Å². The standard InChI is InChI=1S/C13H8N.Ir/c1-2-4-12-10(3-1)5-6-11-9-14-8-7-13(11)12;/h1-6,8-9H;. The van der Waals surface area contributed by atoms with Gasteiger partial charge < -0.3 is 0 Å². The quantitative estimate of drug-likeness (QED) is 0.555. The predicted molar refractivity (Wildman–Crippen MR) is 58.9 cm³/mol. The van der Waals surface area contributed by atoms with Crippen molar-refractivity contribution in [2.45, 2.75) is 0 Å². The van der Waals surface area contributed by atoms with Crippen molar-refractivity contribution in [1.29, 1.82) is 0 Å². The van der Waals surface area contributed by atoms with E-state index in [-0.39, 0.29) is 0 Å². The van der Waals surface area contributed by atoms with E-state index in [1.54, 1.807) is 0 Å². The van der Waals surface area contributed by atoms with E-state index in [0.717, 1.165) is 0 Å². The van der Waals surface area contributed by atoms with Crippen LogP contribution in [0.25, 0.3) is 21.5 Å². The van der Waals surface area contributed by atoms with E-state index in [4.69, 9.17) is 0 Å². The topological polar surface area (TPSA) is 12.9 Å². The summed E-state index contributed by atoms with van der Waals surface area (Å²) in [7, 11) is 0. The summed E-state index contributed by atoms with van der Waals surface area (Å²) in [5, 5.41) is 5.14. The summed E-state index contributed by atoms with van der Waals surface area (Å²) in [5.41, 5.74) is 0. The van der Waals surface area contributed by atoms with Crippen LogP contribution in [0.5, 0.6) is 0 Å². The SMILES string of the molecule is [Ir][c]1cncc2ccc3ccccc3c12. The molecule has 0 bridgehead atoms. The normalized spacial score (nSPS) is 11.1. The van der Waals surface area contributed by atoms with Gasteiger partial charge in [-0.25, -0.2) is 0 Å². The zero-order chi connectivity index (χ0) is 10.3. The number of pyridine rings is 1. The molecular weight excluding hydrogens is 362 g/mol. The molecule has 0 fully saturated rings. The second kappa shape index (κ2) is 3.41. The fourth-order valence-electron chi connectivity index (χ4n) is 1.89. The molecule has 1 nitrogen and oxygen atoms in total. The molecule has 15 heavy (non-hydrogen) atoms. The third kappa shape index (κ3) is 1.38. The predicted octanol–water partition coefficient (Wildman–Crippen LogP) is 2.56. The fraction of sp³-hybridized carbons (Fsp3) is 0. The summed E-state index contributed by atoms with van der Waals surface area (Å²) < 4.78 is 1.24. The molecule has 0 unspecified atom stereocenters. The molecule has 74 valence electrons. The van der Waals surface area contributed by atoms with Crippen molar-refractivity contribution in [3.05, 3.63) is 48.8 Å². The summed E-state index contributed by atoms with van der Waals surface area (Å²) in [5.74, 6) is 0. The van der Waals surface area contributed by atoms with Crippen LogP contribution < -0.4 is 4.08 Å². The van der Waals surface area contributed by atoms with E-state index in [0.29, 0.717) is 0 Å². The van der Waals surface area contributed by atoms with Gasteiger partial charge in [0.15, 0.2) is 0 Å². The van der Waals surface area contributed by atoms with Crippen molar-refractivity contribution in [2.75, 3.05) is 0 Å². The van der Waals surface area contributed by atoms with Gasteiger partial charge in [-0.05, 0) is 0 Å². The van der Waals surface area contributed by atoms with Crippen LogP contribution in [0.3, 0.4) is 0 Å². The Kier molecular flexibility index (Phi) is 2.05. The monoisotopic (exact) mass is 371 g/mol. The first-order chi connectivity index (χ1) is 7.36. The average Bonchev–Trinajstić information content (AvgIpc) is 2.29. The first-order valence-corrected chi connectivity index (χ1v) is 5.95. The molecule has 0 saturated heterocycles. The fourth-order valence-corrected chi connectivity index (χ4v) is 2.74. The summed E-state index contributed by atoms with van der Waals surface area (Å²) in [6.45, 7) is 0. The number of rotatable bonds is 0. The van der Waals surface area contributed by atoms with Crippen LogP contribution in [-0.4, -0.2) is 4.98 Å². The van der Waals surface area contributed by atoms with Gasteiger partial charge in [0.25, 0.3) is 0 Å². The molecule has 0 aliphatic heterocycles. The molecule has 1 heterocycles. The molecular formula is C13H8IrN. The summed E-state index contributed by atoms with van der Waals surface area (Å²) in [6.07, 6.45) is 3.85. The molecule has 3 rings (SSSR count). The van der Waals surface area contributed by atoms with Gasteiger partial charge in [-0.1, -0.05) is 0 Å². The molecule has 0 saturated carbocycles. The Morgan fingerprint density at radius 2 is 1.67 bits per heavy atom. The van der Waals surface area contributed by atoms with Crippen LogP contribution in [0.2, 0.25) is 0 Å². The van der Waals surface area contributed by atoms with E-state index >= 15 is 0 Å². The Balaban J connectivity index is 2.64. The van der Waals surface area contributed by atoms with Crippen LogP contribution in [0, 0.1) is 0 Å². The van der Waals surface area contributed by atoms with Crippen LogP contribution in [0.15, 0.2) is 48.8 Å². The first-order valence-electron chi connectivity index (χ1n) is 4.75. The molecule has 0 aliphatic carbocycles. The summed E-state index contributed by atoms with van der Waals surface area (Å²) in [6, 6.07) is 12.8. The van der Waals surface area contributed by atoms with Crippen molar-refractivity contribution in [3.63, 3.8) is 0 Å². The number of nitrogens with zero attached hydrogens (tertiary/aromatic N) is 1. The number of fused-ring (bicyclic) bond motifs is 3. The van der Waals surface area contributed by atoms with Gasteiger partial charge in [0.2, 0.25) is 0 Å². The molecule has 2 heteroatoms. The Hall–Kier alpha value is -1.24. The average molecular weight is 370 g/mol. The van der Waals surface area contributed by atoms with E-state index in [1.165, 1.54) is 25.6 Å². The molecule has 2 aromatic carbocycles. The van der Waals surface area contributed by atoms with Gasteiger partial charge in [-0.3, -0.25) is 0 Å². The van der Waals surface area contributed by atoms with Gasteiger partial charge >= 0.3 is 98.3 Å². The molecule has 0 amide bonds. The van der Waals surface area contributed by atoms with Crippen molar-refractivity contribution in [1.82, 2.24) is 4.98 Å². The van der Waals surface area contributed by atoms with Crippen LogP contribution in [0.4, 0.5) is 0 Å². The van der Waals surface area contributed by atoms with Crippen molar-refractivity contribution in [2.24, 2.45) is 0 Å². The molecule has 1 aromatic heterocycles. The van der Waals surface area contributed by atoms with Crippen molar-refractivity contribution >= 4 is 25.6 Å². The second-order valence-corrected chi connectivity index (χ2v) is 4.77.